The second kappa shape index (κ2) is 10.6. The molecule has 1 aliphatic carbocycles. The molecule has 51 heavy (non-hydrogen) atoms. The molecule has 11 rings (SSSR count). The molecule has 1 atom stereocenters. The lowest BCUT2D eigenvalue weighted by atomic mass is 9.67. The van der Waals surface area contributed by atoms with Gasteiger partial charge < -0.3 is 0 Å². The third-order valence-electron chi connectivity index (χ3n) is 10.9. The predicted octanol–water partition coefficient (Wildman–Crippen LogP) is 11.6. The summed E-state index contributed by atoms with van der Waals surface area (Å²) < 4.78 is 0. The Kier molecular flexibility index (Phi) is 5.88. The van der Waals surface area contributed by atoms with Crippen LogP contribution in [0, 0.1) is 0 Å². The fourth-order valence-electron chi connectivity index (χ4n) is 8.80. The second-order valence-corrected chi connectivity index (χ2v) is 13.5. The lowest BCUT2D eigenvalue weighted by molar-refractivity contribution is 0.771. The van der Waals surface area contributed by atoms with Crippen LogP contribution in [0.4, 0.5) is 0 Å². The zero-order chi connectivity index (χ0) is 33.5. The first-order valence-electron chi connectivity index (χ1n) is 17.5. The molecule has 3 nitrogen and oxygen atoms in total. The predicted molar refractivity (Wildman–Crippen MR) is 209 cm³/mol. The van der Waals surface area contributed by atoms with Gasteiger partial charge in [0.2, 0.25) is 0 Å². The molecule has 0 radical (unpaired) electrons. The SMILES string of the molecule is c1ccc(-c2nc(-c3ccccc3)nc(-c3cccc(C4(c5ccccc5)c5cccc6c7cccc8ccc9ccc4c(c56)c9c87)c3)n2)cc1. The van der Waals surface area contributed by atoms with Gasteiger partial charge in [0.15, 0.2) is 17.5 Å². The third-order valence-corrected chi connectivity index (χ3v) is 10.9. The molecule has 1 aliphatic rings. The van der Waals surface area contributed by atoms with E-state index in [1.807, 2.05) is 36.4 Å². The van der Waals surface area contributed by atoms with Crippen molar-refractivity contribution in [1.29, 1.82) is 0 Å². The first-order chi connectivity index (χ1) is 25.3. The van der Waals surface area contributed by atoms with Crippen molar-refractivity contribution in [3.8, 4) is 34.2 Å². The molecule has 1 heterocycles. The van der Waals surface area contributed by atoms with Gasteiger partial charge in [-0.3, -0.25) is 0 Å². The standard InChI is InChI=1S/C48H29N3/c1-4-13-32(14-5-1)45-49-46(33-15-6-2-7-16-33)51-47(50-45)34-18-10-21-36(29-34)48(35-19-8-3-9-20-35)39-24-12-23-38-37-22-11-17-30-25-26-31-27-28-40(48)44(43(38)39)42(31)41(30)37/h1-29H. The Labute approximate surface area is 294 Å². The van der Waals surface area contributed by atoms with Crippen molar-refractivity contribution in [2.45, 2.75) is 5.41 Å². The molecular formula is C48H29N3. The van der Waals surface area contributed by atoms with Crippen molar-refractivity contribution in [1.82, 2.24) is 15.0 Å². The largest absolute Gasteiger partial charge is 0.208 e. The molecule has 0 saturated heterocycles. The molecule has 236 valence electrons. The highest BCUT2D eigenvalue weighted by Crippen LogP contribution is 2.58. The molecule has 0 N–H and O–H groups in total. The highest BCUT2D eigenvalue weighted by Gasteiger charge is 2.45. The molecule has 0 fully saturated rings. The number of nitrogens with zero attached hydrogens (tertiary/aromatic N) is 3. The maximum absolute atomic E-state index is 5.12. The van der Waals surface area contributed by atoms with E-state index in [0.717, 1.165) is 16.7 Å². The monoisotopic (exact) mass is 647 g/mol. The van der Waals surface area contributed by atoms with Crippen LogP contribution in [0.2, 0.25) is 0 Å². The highest BCUT2D eigenvalue weighted by atomic mass is 15.0. The molecule has 0 aliphatic heterocycles. The summed E-state index contributed by atoms with van der Waals surface area (Å²) in [6.07, 6.45) is 0. The Bertz CT molecular complexity index is 2900. The fourth-order valence-corrected chi connectivity index (χ4v) is 8.80. The molecule has 1 unspecified atom stereocenters. The molecular weight excluding hydrogens is 619 g/mol. The highest BCUT2D eigenvalue weighted by molar-refractivity contribution is 6.36. The van der Waals surface area contributed by atoms with Gasteiger partial charge in [0.25, 0.3) is 0 Å². The Morgan fingerprint density at radius 1 is 0.314 bits per heavy atom. The number of fused-ring (bicyclic) bond motifs is 1. The van der Waals surface area contributed by atoms with Crippen molar-refractivity contribution in [3.63, 3.8) is 0 Å². The minimum atomic E-state index is -0.562. The minimum Gasteiger partial charge on any atom is -0.208 e. The maximum Gasteiger partial charge on any atom is 0.164 e. The summed E-state index contributed by atoms with van der Waals surface area (Å²) in [5.41, 5.74) is 7.35. The second-order valence-electron chi connectivity index (χ2n) is 13.5. The van der Waals surface area contributed by atoms with E-state index in [2.05, 4.69) is 140 Å². The quantitative estimate of drug-likeness (QED) is 0.138. The van der Waals surface area contributed by atoms with E-state index in [1.165, 1.54) is 65.3 Å². The van der Waals surface area contributed by atoms with Crippen molar-refractivity contribution in [2.24, 2.45) is 0 Å². The zero-order valence-corrected chi connectivity index (χ0v) is 27.6. The van der Waals surface area contributed by atoms with Gasteiger partial charge in [0, 0.05) is 16.7 Å². The molecule has 0 saturated carbocycles. The van der Waals surface area contributed by atoms with Crippen molar-refractivity contribution >= 4 is 43.1 Å². The zero-order valence-electron chi connectivity index (χ0n) is 27.6. The lowest BCUT2D eigenvalue weighted by Crippen LogP contribution is -2.28. The van der Waals surface area contributed by atoms with Gasteiger partial charge >= 0.3 is 0 Å². The summed E-state index contributed by atoms with van der Waals surface area (Å²) in [6, 6.07) is 63.2. The van der Waals surface area contributed by atoms with Crippen molar-refractivity contribution in [2.75, 3.05) is 0 Å². The summed E-state index contributed by atoms with van der Waals surface area (Å²) in [5.74, 6) is 1.96. The van der Waals surface area contributed by atoms with Gasteiger partial charge in [-0.2, -0.15) is 0 Å². The van der Waals surface area contributed by atoms with Crippen LogP contribution in [0.5, 0.6) is 0 Å². The summed E-state index contributed by atoms with van der Waals surface area (Å²) >= 11 is 0. The fraction of sp³-hybridized carbons (Fsp3) is 0.0208. The van der Waals surface area contributed by atoms with E-state index >= 15 is 0 Å². The van der Waals surface area contributed by atoms with Crippen LogP contribution in [0.15, 0.2) is 176 Å². The van der Waals surface area contributed by atoms with E-state index in [1.54, 1.807) is 0 Å². The Balaban J connectivity index is 1.22. The van der Waals surface area contributed by atoms with Crippen LogP contribution in [0.1, 0.15) is 22.3 Å². The smallest absolute Gasteiger partial charge is 0.164 e. The maximum atomic E-state index is 5.12. The average molecular weight is 648 g/mol. The van der Waals surface area contributed by atoms with Crippen LogP contribution in [-0.2, 0) is 5.41 Å². The van der Waals surface area contributed by atoms with Crippen LogP contribution in [-0.4, -0.2) is 15.0 Å². The van der Waals surface area contributed by atoms with Crippen LogP contribution in [0.25, 0.3) is 77.3 Å². The lowest BCUT2D eigenvalue weighted by Gasteiger charge is -2.34. The average Bonchev–Trinajstić information content (AvgIpc) is 3.53. The molecule has 1 aromatic heterocycles. The molecule has 3 heteroatoms. The van der Waals surface area contributed by atoms with Crippen molar-refractivity contribution in [3.05, 3.63) is 198 Å². The first kappa shape index (κ1) is 28.2. The topological polar surface area (TPSA) is 38.7 Å². The number of hydrogen-bond donors (Lipinski definition) is 0. The van der Waals surface area contributed by atoms with E-state index in [0.29, 0.717) is 17.5 Å². The Hall–Kier alpha value is -6.71. The van der Waals surface area contributed by atoms with Gasteiger partial charge in [-0.25, -0.2) is 15.0 Å². The minimum absolute atomic E-state index is 0.562. The number of hydrogen-bond acceptors (Lipinski definition) is 3. The van der Waals surface area contributed by atoms with Crippen LogP contribution < -0.4 is 0 Å². The molecule has 0 bridgehead atoms. The molecule has 9 aromatic carbocycles. The van der Waals surface area contributed by atoms with Gasteiger partial charge in [0.05, 0.1) is 5.41 Å². The third kappa shape index (κ3) is 3.92. The van der Waals surface area contributed by atoms with E-state index in [4.69, 9.17) is 15.0 Å². The van der Waals surface area contributed by atoms with Gasteiger partial charge in [-0.05, 0) is 71.4 Å². The van der Waals surface area contributed by atoms with Gasteiger partial charge in [0.1, 0.15) is 0 Å². The summed E-state index contributed by atoms with van der Waals surface area (Å²) in [7, 11) is 0. The number of aromatic nitrogens is 3. The Morgan fingerprint density at radius 3 is 1.49 bits per heavy atom. The molecule has 0 spiro atoms. The number of benzene rings is 9. The van der Waals surface area contributed by atoms with E-state index in [-0.39, 0.29) is 0 Å². The Morgan fingerprint density at radius 2 is 0.804 bits per heavy atom. The van der Waals surface area contributed by atoms with Gasteiger partial charge in [-0.15, -0.1) is 0 Å². The van der Waals surface area contributed by atoms with Gasteiger partial charge in [-0.1, -0.05) is 170 Å². The van der Waals surface area contributed by atoms with Crippen LogP contribution >= 0.6 is 0 Å². The van der Waals surface area contributed by atoms with Crippen LogP contribution in [0.3, 0.4) is 0 Å². The van der Waals surface area contributed by atoms with E-state index in [9.17, 15) is 0 Å². The first-order valence-corrected chi connectivity index (χ1v) is 17.5. The number of rotatable bonds is 5. The summed E-state index contributed by atoms with van der Waals surface area (Å²) in [5, 5.41) is 10.6. The van der Waals surface area contributed by atoms with Crippen molar-refractivity contribution < 1.29 is 0 Å². The summed E-state index contributed by atoms with van der Waals surface area (Å²) in [6.45, 7) is 0. The normalized spacial score (nSPS) is 15.1. The molecule has 10 aromatic rings. The molecule has 0 amide bonds. The summed E-state index contributed by atoms with van der Waals surface area (Å²) in [4.78, 5) is 15.2. The van der Waals surface area contributed by atoms with E-state index < -0.39 is 5.41 Å².